The van der Waals surface area contributed by atoms with Gasteiger partial charge in [0.1, 0.15) is 17.4 Å². The van der Waals surface area contributed by atoms with Crippen molar-refractivity contribution in [3.05, 3.63) is 101 Å². The first-order valence-electron chi connectivity index (χ1n) is 9.64. The molecule has 1 aliphatic heterocycles. The molecule has 2 heterocycles. The number of ketones is 1. The van der Waals surface area contributed by atoms with Crippen molar-refractivity contribution in [3.63, 3.8) is 0 Å². The van der Waals surface area contributed by atoms with Gasteiger partial charge in [0.25, 0.3) is 0 Å². The summed E-state index contributed by atoms with van der Waals surface area (Å²) >= 11 is 0. The van der Waals surface area contributed by atoms with Crippen LogP contribution in [0.2, 0.25) is 0 Å². The Morgan fingerprint density at radius 3 is 2.41 bits per heavy atom. The number of nitriles is 1. The van der Waals surface area contributed by atoms with Crippen molar-refractivity contribution in [3.8, 4) is 6.07 Å². The summed E-state index contributed by atoms with van der Waals surface area (Å²) in [4.78, 5) is 17.0. The highest BCUT2D eigenvalue weighted by Gasteiger charge is 2.35. The van der Waals surface area contributed by atoms with Gasteiger partial charge in [0.05, 0.1) is 21.0 Å². The minimum absolute atomic E-state index is 0.0302. The molecular formula is C25H14N2O4S. The Morgan fingerprint density at radius 2 is 1.59 bits per heavy atom. The first-order valence-corrected chi connectivity index (χ1v) is 11.1. The Balaban J connectivity index is 1.68. The third-order valence-electron chi connectivity index (χ3n) is 5.41. The Bertz CT molecular complexity index is 1630. The van der Waals surface area contributed by atoms with Gasteiger partial charge in [-0.3, -0.25) is 4.79 Å². The van der Waals surface area contributed by atoms with Crippen LogP contribution in [0.3, 0.4) is 0 Å². The molecule has 0 fully saturated rings. The maximum absolute atomic E-state index is 13.1. The lowest BCUT2D eigenvalue weighted by Gasteiger charge is -2.19. The van der Waals surface area contributed by atoms with Crippen molar-refractivity contribution in [2.24, 2.45) is 0 Å². The monoisotopic (exact) mass is 438 g/mol. The number of allylic oxidation sites excluding steroid dienone is 1. The second kappa shape index (κ2) is 7.15. The van der Waals surface area contributed by atoms with E-state index in [0.29, 0.717) is 5.52 Å². The number of aliphatic hydroxyl groups excluding tert-OH is 1. The lowest BCUT2D eigenvalue weighted by atomic mass is 9.99. The Labute approximate surface area is 183 Å². The van der Waals surface area contributed by atoms with Gasteiger partial charge in [0.2, 0.25) is 9.84 Å². The zero-order valence-corrected chi connectivity index (χ0v) is 17.3. The molecule has 0 saturated heterocycles. The van der Waals surface area contributed by atoms with Crippen LogP contribution >= 0.6 is 0 Å². The molecule has 3 aromatic carbocycles. The van der Waals surface area contributed by atoms with Crippen LogP contribution in [0.15, 0.2) is 88.7 Å². The van der Waals surface area contributed by atoms with Crippen LogP contribution in [0, 0.1) is 11.3 Å². The van der Waals surface area contributed by atoms with Gasteiger partial charge in [-0.25, -0.2) is 13.4 Å². The van der Waals surface area contributed by atoms with Crippen LogP contribution in [0.25, 0.3) is 22.2 Å². The summed E-state index contributed by atoms with van der Waals surface area (Å²) in [6.45, 7) is 0. The molecule has 1 aromatic heterocycles. The minimum atomic E-state index is -3.97. The average molecular weight is 438 g/mol. The van der Waals surface area contributed by atoms with Crippen molar-refractivity contribution in [2.45, 2.75) is 9.79 Å². The number of aromatic nitrogens is 1. The van der Waals surface area contributed by atoms with Crippen molar-refractivity contribution in [2.75, 3.05) is 0 Å². The number of nitrogens with zero attached hydrogens (tertiary/aromatic N) is 2. The summed E-state index contributed by atoms with van der Waals surface area (Å²) in [6, 6.07) is 22.7. The van der Waals surface area contributed by atoms with Crippen LogP contribution in [0.4, 0.5) is 0 Å². The molecular weight excluding hydrogens is 424 g/mol. The fourth-order valence-corrected chi connectivity index (χ4v) is 5.49. The molecule has 0 aliphatic carbocycles. The van der Waals surface area contributed by atoms with Gasteiger partial charge in [-0.15, -0.1) is 0 Å². The summed E-state index contributed by atoms with van der Waals surface area (Å²) < 4.78 is 26.3. The van der Waals surface area contributed by atoms with Crippen LogP contribution in [0.5, 0.6) is 0 Å². The molecule has 0 saturated carbocycles. The zero-order valence-electron chi connectivity index (χ0n) is 16.5. The van der Waals surface area contributed by atoms with Gasteiger partial charge in [-0.05, 0) is 36.4 Å². The quantitative estimate of drug-likeness (QED) is 0.320. The van der Waals surface area contributed by atoms with E-state index in [-0.39, 0.29) is 37.7 Å². The van der Waals surface area contributed by atoms with Gasteiger partial charge in [-0.1, -0.05) is 42.5 Å². The third-order valence-corrected chi connectivity index (χ3v) is 7.27. The number of carbonyl (C=O) groups excluding carboxylic acids is 1. The van der Waals surface area contributed by atoms with Crippen LogP contribution < -0.4 is 0 Å². The number of carbonyl (C=O) groups is 1. The molecule has 0 unspecified atom stereocenters. The van der Waals surface area contributed by atoms with E-state index < -0.39 is 21.4 Å². The molecule has 4 aromatic rings. The summed E-state index contributed by atoms with van der Waals surface area (Å²) in [6.07, 6.45) is 0. The Kier molecular flexibility index (Phi) is 4.40. The molecule has 1 aliphatic rings. The maximum Gasteiger partial charge on any atom is 0.208 e. The van der Waals surface area contributed by atoms with Crippen molar-refractivity contribution in [1.29, 1.82) is 5.26 Å². The van der Waals surface area contributed by atoms with Gasteiger partial charge in [0, 0.05) is 22.1 Å². The molecule has 0 spiro atoms. The Morgan fingerprint density at radius 1 is 0.875 bits per heavy atom. The van der Waals surface area contributed by atoms with Crippen molar-refractivity contribution < 1.29 is 18.3 Å². The second-order valence-electron chi connectivity index (χ2n) is 7.26. The lowest BCUT2D eigenvalue weighted by molar-refractivity contribution is 0.103. The van der Waals surface area contributed by atoms with Crippen LogP contribution in [-0.4, -0.2) is 24.3 Å². The van der Waals surface area contributed by atoms with Gasteiger partial charge in [0.15, 0.2) is 5.78 Å². The molecule has 5 rings (SSSR count). The Hall–Kier alpha value is -4.28. The fourth-order valence-electron chi connectivity index (χ4n) is 3.81. The predicted molar refractivity (Wildman–Crippen MR) is 119 cm³/mol. The van der Waals surface area contributed by atoms with E-state index in [1.165, 1.54) is 30.3 Å². The molecule has 0 atom stereocenters. The molecule has 6 nitrogen and oxygen atoms in total. The number of aliphatic hydroxyl groups is 1. The number of hydrogen-bond donors (Lipinski definition) is 1. The zero-order chi connectivity index (χ0) is 22.5. The largest absolute Gasteiger partial charge is 0.506 e. The SMILES string of the molecule is N#C/C(=C(/O)c1ccc2c(c1)S(=O)(=O)c1ccccc1C2=O)c1ccc2ccccc2n1. The highest BCUT2D eigenvalue weighted by atomic mass is 32.2. The summed E-state index contributed by atoms with van der Waals surface area (Å²) in [5, 5.41) is 21.5. The maximum atomic E-state index is 13.1. The standard InChI is InChI=1S/C25H14N2O4S/c26-14-19(21-12-10-15-5-1-3-7-20(15)27-21)24(28)16-9-11-18-23(13-16)32(30,31)22-8-4-2-6-17(22)25(18)29/h1-13,28H/b24-19-. The van der Waals surface area contributed by atoms with Gasteiger partial charge in [-0.2, -0.15) is 5.26 Å². The van der Waals surface area contributed by atoms with E-state index >= 15 is 0 Å². The molecule has 154 valence electrons. The lowest BCUT2D eigenvalue weighted by Crippen LogP contribution is -2.20. The summed E-state index contributed by atoms with van der Waals surface area (Å²) in [7, 11) is -3.97. The molecule has 0 bridgehead atoms. The van der Waals surface area contributed by atoms with E-state index in [1.54, 1.807) is 30.3 Å². The predicted octanol–water partition coefficient (Wildman–Crippen LogP) is 4.56. The number of para-hydroxylation sites is 1. The third kappa shape index (κ3) is 2.89. The number of pyridine rings is 1. The van der Waals surface area contributed by atoms with Crippen LogP contribution in [0.1, 0.15) is 27.2 Å². The normalized spacial score (nSPS) is 14.8. The topological polar surface area (TPSA) is 108 Å². The number of rotatable bonds is 2. The number of hydrogen-bond acceptors (Lipinski definition) is 6. The van der Waals surface area contributed by atoms with E-state index in [2.05, 4.69) is 4.98 Å². The fraction of sp³-hybridized carbons (Fsp3) is 0. The van der Waals surface area contributed by atoms with Crippen molar-refractivity contribution >= 4 is 37.9 Å². The molecule has 0 amide bonds. The molecule has 7 heteroatoms. The van der Waals surface area contributed by atoms with E-state index in [1.807, 2.05) is 24.3 Å². The first-order chi connectivity index (χ1) is 15.4. The van der Waals surface area contributed by atoms with E-state index in [9.17, 15) is 23.6 Å². The summed E-state index contributed by atoms with van der Waals surface area (Å²) in [5.41, 5.74) is 1.06. The molecule has 0 radical (unpaired) electrons. The second-order valence-corrected chi connectivity index (χ2v) is 9.15. The number of benzene rings is 3. The van der Waals surface area contributed by atoms with Gasteiger partial charge < -0.3 is 5.11 Å². The smallest absolute Gasteiger partial charge is 0.208 e. The highest BCUT2D eigenvalue weighted by Crippen LogP contribution is 2.36. The van der Waals surface area contributed by atoms with E-state index in [0.717, 1.165) is 5.39 Å². The highest BCUT2D eigenvalue weighted by molar-refractivity contribution is 7.91. The van der Waals surface area contributed by atoms with Gasteiger partial charge >= 0.3 is 0 Å². The molecule has 1 N–H and O–H groups in total. The van der Waals surface area contributed by atoms with Crippen LogP contribution in [-0.2, 0) is 9.84 Å². The minimum Gasteiger partial charge on any atom is -0.506 e. The average Bonchev–Trinajstić information content (AvgIpc) is 2.83. The number of sulfone groups is 1. The number of fused-ring (bicyclic) bond motifs is 3. The van der Waals surface area contributed by atoms with E-state index in [4.69, 9.17) is 0 Å². The molecule has 32 heavy (non-hydrogen) atoms. The summed E-state index contributed by atoms with van der Waals surface area (Å²) in [5.74, 6) is -0.822. The van der Waals surface area contributed by atoms with Crippen molar-refractivity contribution in [1.82, 2.24) is 4.98 Å². The first kappa shape index (κ1) is 19.7.